The van der Waals surface area contributed by atoms with Crippen LogP contribution in [0.15, 0.2) is 45.5 Å². The van der Waals surface area contributed by atoms with Crippen molar-refractivity contribution in [2.45, 2.75) is 25.7 Å². The van der Waals surface area contributed by atoms with E-state index in [1.54, 1.807) is 30.3 Å². The van der Waals surface area contributed by atoms with Crippen LogP contribution >= 0.6 is 15.9 Å². The molecule has 6 heteroatoms. The van der Waals surface area contributed by atoms with Crippen molar-refractivity contribution in [2.24, 2.45) is 0 Å². The van der Waals surface area contributed by atoms with Crippen LogP contribution in [0.5, 0.6) is 0 Å². The largest absolute Gasteiger partial charge is 0.444 e. The number of nitrogens with zero attached hydrogens (tertiary/aromatic N) is 1. The van der Waals surface area contributed by atoms with Gasteiger partial charge in [-0.2, -0.15) is 0 Å². The summed E-state index contributed by atoms with van der Waals surface area (Å²) in [7, 11) is 0. The fourth-order valence-corrected chi connectivity index (χ4v) is 3.15. The molecule has 0 saturated carbocycles. The first-order valence-electron chi connectivity index (χ1n) is 8.10. The van der Waals surface area contributed by atoms with Crippen LogP contribution in [0.25, 0.3) is 0 Å². The van der Waals surface area contributed by atoms with Gasteiger partial charge >= 0.3 is 0 Å². The van der Waals surface area contributed by atoms with Crippen LogP contribution in [0, 0.1) is 0 Å². The first-order chi connectivity index (χ1) is 11.6. The highest BCUT2D eigenvalue weighted by Crippen LogP contribution is 2.21. The third-order valence-electron chi connectivity index (χ3n) is 4.10. The summed E-state index contributed by atoms with van der Waals surface area (Å²) < 4.78 is 5.75. The molecule has 1 N–H and O–H groups in total. The number of para-hydroxylation sites is 1. The van der Waals surface area contributed by atoms with Crippen molar-refractivity contribution in [3.63, 3.8) is 0 Å². The fraction of sp³-hybridized carbons (Fsp3) is 0.333. The van der Waals surface area contributed by atoms with Crippen LogP contribution in [-0.2, 0) is 0 Å². The normalized spacial score (nSPS) is 15.0. The molecule has 1 fully saturated rings. The Hall–Kier alpha value is -2.08. The van der Waals surface area contributed by atoms with Gasteiger partial charge in [0, 0.05) is 13.1 Å². The fourth-order valence-electron chi connectivity index (χ4n) is 2.84. The molecule has 1 aromatic heterocycles. The summed E-state index contributed by atoms with van der Waals surface area (Å²) in [6, 6.07) is 10.3. The lowest BCUT2D eigenvalue weighted by atomic mass is 10.1. The van der Waals surface area contributed by atoms with Crippen molar-refractivity contribution >= 4 is 33.4 Å². The SMILES string of the molecule is O=C(Nc1ccccc1C(=O)N1CCCCCC1)c1ccc(Br)o1. The van der Waals surface area contributed by atoms with Gasteiger partial charge in [-0.1, -0.05) is 25.0 Å². The zero-order chi connectivity index (χ0) is 16.9. The standard InChI is InChI=1S/C18H19BrN2O3/c19-16-10-9-15(24-16)17(22)20-14-8-4-3-7-13(14)18(23)21-11-5-1-2-6-12-21/h3-4,7-10H,1-2,5-6,11-12H2,(H,20,22). The first-order valence-corrected chi connectivity index (χ1v) is 8.89. The van der Waals surface area contributed by atoms with Crippen molar-refractivity contribution in [2.75, 3.05) is 18.4 Å². The first kappa shape index (κ1) is 16.8. The molecule has 0 aliphatic carbocycles. The molecule has 0 unspecified atom stereocenters. The van der Waals surface area contributed by atoms with Gasteiger partial charge in [0.25, 0.3) is 11.8 Å². The minimum Gasteiger partial charge on any atom is -0.444 e. The Bertz CT molecular complexity index is 733. The van der Waals surface area contributed by atoms with Gasteiger partial charge in [0.05, 0.1) is 11.3 Å². The van der Waals surface area contributed by atoms with E-state index in [2.05, 4.69) is 21.2 Å². The van der Waals surface area contributed by atoms with Crippen molar-refractivity contribution in [1.82, 2.24) is 4.90 Å². The molecule has 0 atom stereocenters. The maximum Gasteiger partial charge on any atom is 0.291 e. The highest BCUT2D eigenvalue weighted by atomic mass is 79.9. The van der Waals surface area contributed by atoms with Crippen LogP contribution in [-0.4, -0.2) is 29.8 Å². The molecule has 2 amide bonds. The Balaban J connectivity index is 1.79. The lowest BCUT2D eigenvalue weighted by Crippen LogP contribution is -2.32. The Labute approximate surface area is 149 Å². The number of benzene rings is 1. The van der Waals surface area contributed by atoms with E-state index in [-0.39, 0.29) is 17.6 Å². The molecular formula is C18H19BrN2O3. The highest BCUT2D eigenvalue weighted by Gasteiger charge is 2.21. The van der Waals surface area contributed by atoms with Gasteiger partial charge in [-0.3, -0.25) is 9.59 Å². The molecule has 2 heterocycles. The number of furan rings is 1. The average Bonchev–Trinajstić information content (AvgIpc) is 2.85. The molecule has 1 aromatic carbocycles. The molecule has 5 nitrogen and oxygen atoms in total. The summed E-state index contributed by atoms with van der Waals surface area (Å²) >= 11 is 3.18. The summed E-state index contributed by atoms with van der Waals surface area (Å²) in [6.45, 7) is 1.54. The predicted molar refractivity (Wildman–Crippen MR) is 95.2 cm³/mol. The Morgan fingerprint density at radius 2 is 1.71 bits per heavy atom. The maximum atomic E-state index is 12.8. The minimum atomic E-state index is -0.378. The molecule has 126 valence electrons. The quantitative estimate of drug-likeness (QED) is 0.848. The van der Waals surface area contributed by atoms with Crippen LogP contribution in [0.2, 0.25) is 0 Å². The van der Waals surface area contributed by atoms with Crippen molar-refractivity contribution < 1.29 is 14.0 Å². The van der Waals surface area contributed by atoms with Gasteiger partial charge in [0.1, 0.15) is 0 Å². The van der Waals surface area contributed by atoms with Crippen molar-refractivity contribution in [3.05, 3.63) is 52.4 Å². The second-order valence-corrected chi connectivity index (χ2v) is 6.59. The van der Waals surface area contributed by atoms with E-state index in [4.69, 9.17) is 4.42 Å². The van der Waals surface area contributed by atoms with Crippen LogP contribution in [0.3, 0.4) is 0 Å². The molecule has 1 aliphatic rings. The third kappa shape index (κ3) is 3.87. The summed E-state index contributed by atoms with van der Waals surface area (Å²) in [5, 5.41) is 2.77. The number of carbonyl (C=O) groups is 2. The van der Waals surface area contributed by atoms with E-state index in [0.29, 0.717) is 15.9 Å². The van der Waals surface area contributed by atoms with Crippen molar-refractivity contribution in [3.8, 4) is 0 Å². The lowest BCUT2D eigenvalue weighted by molar-refractivity contribution is 0.0762. The maximum absolute atomic E-state index is 12.8. The van der Waals surface area contributed by atoms with E-state index in [1.807, 2.05) is 11.0 Å². The molecule has 0 radical (unpaired) electrons. The molecule has 2 aromatic rings. The number of carbonyl (C=O) groups excluding carboxylic acids is 2. The van der Waals surface area contributed by atoms with Gasteiger partial charge in [0.15, 0.2) is 10.4 Å². The van der Waals surface area contributed by atoms with Gasteiger partial charge in [0.2, 0.25) is 0 Å². The number of nitrogens with one attached hydrogen (secondary N) is 1. The molecule has 24 heavy (non-hydrogen) atoms. The molecule has 1 saturated heterocycles. The number of halogens is 1. The van der Waals surface area contributed by atoms with E-state index in [1.165, 1.54) is 0 Å². The third-order valence-corrected chi connectivity index (χ3v) is 4.52. The molecule has 3 rings (SSSR count). The van der Waals surface area contributed by atoms with Crippen molar-refractivity contribution in [1.29, 1.82) is 0 Å². The van der Waals surface area contributed by atoms with Gasteiger partial charge in [-0.15, -0.1) is 0 Å². The molecule has 1 aliphatic heterocycles. The Morgan fingerprint density at radius 1 is 1.00 bits per heavy atom. The lowest BCUT2D eigenvalue weighted by Gasteiger charge is -2.21. The molecular weight excluding hydrogens is 372 g/mol. The number of likely N-dealkylation sites (tertiary alicyclic amines) is 1. The number of hydrogen-bond donors (Lipinski definition) is 1. The number of rotatable bonds is 3. The summed E-state index contributed by atoms with van der Waals surface area (Å²) in [5.41, 5.74) is 1.02. The van der Waals surface area contributed by atoms with E-state index >= 15 is 0 Å². The van der Waals surface area contributed by atoms with Crippen LogP contribution in [0.1, 0.15) is 46.6 Å². The number of amides is 2. The smallest absolute Gasteiger partial charge is 0.291 e. The number of hydrogen-bond acceptors (Lipinski definition) is 3. The minimum absolute atomic E-state index is 0.0339. The van der Waals surface area contributed by atoms with Gasteiger partial charge < -0.3 is 14.6 Å². The highest BCUT2D eigenvalue weighted by molar-refractivity contribution is 9.10. The molecule has 0 bridgehead atoms. The second kappa shape index (κ2) is 7.66. The summed E-state index contributed by atoms with van der Waals surface area (Å²) in [5.74, 6) is -0.218. The summed E-state index contributed by atoms with van der Waals surface area (Å²) in [4.78, 5) is 27.0. The average molecular weight is 391 g/mol. The molecule has 0 spiro atoms. The van der Waals surface area contributed by atoms with Crippen LogP contribution in [0.4, 0.5) is 5.69 Å². The van der Waals surface area contributed by atoms with E-state index in [0.717, 1.165) is 38.8 Å². The topological polar surface area (TPSA) is 62.6 Å². The van der Waals surface area contributed by atoms with Crippen LogP contribution < -0.4 is 5.32 Å². The van der Waals surface area contributed by atoms with E-state index < -0.39 is 0 Å². The zero-order valence-corrected chi connectivity index (χ0v) is 14.8. The van der Waals surface area contributed by atoms with E-state index in [9.17, 15) is 9.59 Å². The Kier molecular flexibility index (Phi) is 5.35. The monoisotopic (exact) mass is 390 g/mol. The van der Waals surface area contributed by atoms with Gasteiger partial charge in [-0.05, 0) is 53.0 Å². The summed E-state index contributed by atoms with van der Waals surface area (Å²) in [6.07, 6.45) is 4.38. The predicted octanol–water partition coefficient (Wildman–Crippen LogP) is 4.31. The second-order valence-electron chi connectivity index (χ2n) is 5.81. The zero-order valence-electron chi connectivity index (χ0n) is 13.3. The Morgan fingerprint density at radius 3 is 2.38 bits per heavy atom. The number of anilines is 1. The van der Waals surface area contributed by atoms with Gasteiger partial charge in [-0.25, -0.2) is 0 Å².